The van der Waals surface area contributed by atoms with Crippen molar-refractivity contribution < 1.29 is 9.59 Å². The average molecular weight is 319 g/mol. The molecule has 3 heterocycles. The highest BCUT2D eigenvalue weighted by molar-refractivity contribution is 5.89. The van der Waals surface area contributed by atoms with Crippen LogP contribution in [0.25, 0.3) is 0 Å². The highest BCUT2D eigenvalue weighted by Gasteiger charge is 2.36. The predicted molar refractivity (Wildman–Crippen MR) is 84.8 cm³/mol. The third-order valence-electron chi connectivity index (χ3n) is 4.83. The lowest BCUT2D eigenvalue weighted by molar-refractivity contribution is -0.135. The Hall–Kier alpha value is -1.92. The molecule has 0 N–H and O–H groups in total. The summed E-state index contributed by atoms with van der Waals surface area (Å²) in [5, 5.41) is 8.55. The van der Waals surface area contributed by atoms with E-state index in [-0.39, 0.29) is 17.7 Å². The maximum absolute atomic E-state index is 12.8. The third-order valence-corrected chi connectivity index (χ3v) is 4.83. The first kappa shape index (κ1) is 16.0. The summed E-state index contributed by atoms with van der Waals surface area (Å²) in [4.78, 5) is 28.3. The summed E-state index contributed by atoms with van der Waals surface area (Å²) in [5.74, 6) is 2.29. The van der Waals surface area contributed by atoms with Gasteiger partial charge in [0.25, 0.3) is 0 Å². The zero-order chi connectivity index (χ0) is 16.6. The molecule has 126 valence electrons. The van der Waals surface area contributed by atoms with Gasteiger partial charge in [-0.1, -0.05) is 13.8 Å². The van der Waals surface area contributed by atoms with Crippen LogP contribution < -0.4 is 0 Å². The maximum Gasteiger partial charge on any atom is 0.228 e. The van der Waals surface area contributed by atoms with Crippen LogP contribution in [0.5, 0.6) is 0 Å². The molecule has 1 fully saturated rings. The van der Waals surface area contributed by atoms with Gasteiger partial charge in [-0.05, 0) is 6.92 Å². The monoisotopic (exact) mass is 319 g/mol. The Labute approximate surface area is 136 Å². The molecule has 7 heteroatoms. The summed E-state index contributed by atoms with van der Waals surface area (Å²) in [5.41, 5.74) is 0. The van der Waals surface area contributed by atoms with E-state index in [1.54, 1.807) is 4.90 Å². The fourth-order valence-electron chi connectivity index (χ4n) is 3.49. The van der Waals surface area contributed by atoms with Crippen molar-refractivity contribution in [3.05, 3.63) is 11.6 Å². The van der Waals surface area contributed by atoms with E-state index in [4.69, 9.17) is 0 Å². The van der Waals surface area contributed by atoms with Crippen LogP contribution >= 0.6 is 0 Å². The molecule has 0 saturated carbocycles. The van der Waals surface area contributed by atoms with Gasteiger partial charge in [0, 0.05) is 51.5 Å². The Morgan fingerprint density at radius 3 is 2.70 bits per heavy atom. The average Bonchev–Trinajstić information content (AvgIpc) is 3.04. The lowest BCUT2D eigenvalue weighted by Gasteiger charge is -2.23. The quantitative estimate of drug-likeness (QED) is 0.820. The lowest BCUT2D eigenvalue weighted by atomic mass is 10.1. The number of amides is 2. The molecule has 3 rings (SSSR count). The van der Waals surface area contributed by atoms with Crippen molar-refractivity contribution in [3.63, 3.8) is 0 Å². The summed E-state index contributed by atoms with van der Waals surface area (Å²) >= 11 is 0. The predicted octanol–water partition coefficient (Wildman–Crippen LogP) is 0.655. The van der Waals surface area contributed by atoms with Crippen LogP contribution in [0.2, 0.25) is 0 Å². The van der Waals surface area contributed by atoms with Crippen LogP contribution in [-0.4, -0.2) is 62.6 Å². The van der Waals surface area contributed by atoms with Crippen LogP contribution in [0.15, 0.2) is 0 Å². The van der Waals surface area contributed by atoms with Gasteiger partial charge in [-0.3, -0.25) is 9.59 Å². The van der Waals surface area contributed by atoms with Crippen molar-refractivity contribution in [1.82, 2.24) is 24.6 Å². The molecule has 1 aromatic rings. The molecule has 23 heavy (non-hydrogen) atoms. The molecule has 0 spiro atoms. The number of hydrogen-bond acceptors (Lipinski definition) is 4. The first-order chi connectivity index (χ1) is 11.0. The first-order valence-corrected chi connectivity index (χ1v) is 8.49. The molecule has 1 unspecified atom stereocenters. The van der Waals surface area contributed by atoms with Crippen molar-refractivity contribution >= 4 is 11.8 Å². The van der Waals surface area contributed by atoms with E-state index in [1.807, 2.05) is 11.8 Å². The number of aromatic nitrogens is 3. The van der Waals surface area contributed by atoms with Crippen molar-refractivity contribution in [2.24, 2.45) is 5.92 Å². The second-order valence-electron chi connectivity index (χ2n) is 6.69. The van der Waals surface area contributed by atoms with Crippen molar-refractivity contribution in [3.8, 4) is 0 Å². The van der Waals surface area contributed by atoms with E-state index in [1.165, 1.54) is 0 Å². The number of carbonyl (C=O) groups excluding carboxylic acids is 2. The number of rotatable bonds is 3. The molecule has 7 nitrogen and oxygen atoms in total. The van der Waals surface area contributed by atoms with Crippen molar-refractivity contribution in [2.75, 3.05) is 26.2 Å². The van der Waals surface area contributed by atoms with Crippen LogP contribution in [0, 0.1) is 5.92 Å². The Morgan fingerprint density at radius 2 is 2.04 bits per heavy atom. The fraction of sp³-hybridized carbons (Fsp3) is 0.750. The molecule has 2 aliphatic rings. The SMILES string of the molecule is CCN1CC(C(=O)N2CCc3nnc(C(C)C)n3CC2)CC1=O. The van der Waals surface area contributed by atoms with Gasteiger partial charge < -0.3 is 14.4 Å². The Balaban J connectivity index is 1.68. The summed E-state index contributed by atoms with van der Waals surface area (Å²) in [6.07, 6.45) is 1.08. The number of likely N-dealkylation sites (tertiary alicyclic amines) is 1. The zero-order valence-corrected chi connectivity index (χ0v) is 14.2. The minimum atomic E-state index is -0.185. The Kier molecular flexibility index (Phi) is 4.37. The summed E-state index contributed by atoms with van der Waals surface area (Å²) in [6.45, 7) is 9.47. The topological polar surface area (TPSA) is 71.3 Å². The van der Waals surface area contributed by atoms with Crippen molar-refractivity contribution in [2.45, 2.75) is 46.1 Å². The molecule has 0 bridgehead atoms. The van der Waals surface area contributed by atoms with E-state index in [0.717, 1.165) is 24.6 Å². The fourth-order valence-corrected chi connectivity index (χ4v) is 3.49. The second kappa shape index (κ2) is 6.29. The van der Waals surface area contributed by atoms with E-state index in [9.17, 15) is 9.59 Å². The molecule has 0 aliphatic carbocycles. The highest BCUT2D eigenvalue weighted by atomic mass is 16.2. The molecule has 1 aromatic heterocycles. The van der Waals surface area contributed by atoms with E-state index < -0.39 is 0 Å². The number of nitrogens with zero attached hydrogens (tertiary/aromatic N) is 5. The molecule has 2 aliphatic heterocycles. The zero-order valence-electron chi connectivity index (χ0n) is 14.2. The molecule has 1 atom stereocenters. The number of hydrogen-bond donors (Lipinski definition) is 0. The number of carbonyl (C=O) groups is 2. The Bertz CT molecular complexity index is 610. The summed E-state index contributed by atoms with van der Waals surface area (Å²) in [7, 11) is 0. The molecular weight excluding hydrogens is 294 g/mol. The van der Waals surface area contributed by atoms with Gasteiger partial charge in [0.05, 0.1) is 5.92 Å². The van der Waals surface area contributed by atoms with Crippen LogP contribution in [0.1, 0.15) is 44.8 Å². The van der Waals surface area contributed by atoms with Gasteiger partial charge in [0.2, 0.25) is 11.8 Å². The lowest BCUT2D eigenvalue weighted by Crippen LogP contribution is -2.39. The minimum Gasteiger partial charge on any atom is -0.342 e. The standard InChI is InChI=1S/C16H25N5O2/c1-4-19-10-12(9-14(19)22)16(23)20-6-5-13-17-18-15(11(2)3)21(13)8-7-20/h11-12H,4-10H2,1-3H3. The van der Waals surface area contributed by atoms with Crippen molar-refractivity contribution in [1.29, 1.82) is 0 Å². The highest BCUT2D eigenvalue weighted by Crippen LogP contribution is 2.22. The van der Waals surface area contributed by atoms with Crippen LogP contribution in [0.4, 0.5) is 0 Å². The molecule has 1 saturated heterocycles. The van der Waals surface area contributed by atoms with E-state index >= 15 is 0 Å². The van der Waals surface area contributed by atoms with Gasteiger partial charge in [0.15, 0.2) is 0 Å². The third kappa shape index (κ3) is 2.96. The molecule has 0 aromatic carbocycles. The van der Waals surface area contributed by atoms with Crippen LogP contribution in [-0.2, 0) is 22.6 Å². The molecular formula is C16H25N5O2. The smallest absolute Gasteiger partial charge is 0.228 e. The first-order valence-electron chi connectivity index (χ1n) is 8.49. The Morgan fingerprint density at radius 1 is 1.26 bits per heavy atom. The summed E-state index contributed by atoms with van der Waals surface area (Å²) in [6, 6.07) is 0. The van der Waals surface area contributed by atoms with Gasteiger partial charge in [0.1, 0.15) is 11.6 Å². The summed E-state index contributed by atoms with van der Waals surface area (Å²) < 4.78 is 2.15. The van der Waals surface area contributed by atoms with E-state index in [0.29, 0.717) is 38.5 Å². The second-order valence-corrected chi connectivity index (χ2v) is 6.69. The van der Waals surface area contributed by atoms with Gasteiger partial charge in [-0.15, -0.1) is 10.2 Å². The largest absolute Gasteiger partial charge is 0.342 e. The molecule has 0 radical (unpaired) electrons. The van der Waals surface area contributed by atoms with E-state index in [2.05, 4.69) is 28.6 Å². The normalized spacial score (nSPS) is 21.7. The molecule has 2 amide bonds. The van der Waals surface area contributed by atoms with Gasteiger partial charge >= 0.3 is 0 Å². The maximum atomic E-state index is 12.8. The minimum absolute atomic E-state index is 0.0971. The van der Waals surface area contributed by atoms with Gasteiger partial charge in [-0.25, -0.2) is 0 Å². The van der Waals surface area contributed by atoms with Gasteiger partial charge in [-0.2, -0.15) is 0 Å². The number of fused-ring (bicyclic) bond motifs is 1. The van der Waals surface area contributed by atoms with Crippen LogP contribution in [0.3, 0.4) is 0 Å².